The fourth-order valence-corrected chi connectivity index (χ4v) is 9.78. The molecule has 0 saturated heterocycles. The lowest BCUT2D eigenvalue weighted by Crippen LogP contribution is -2.51. The number of hydrogen-bond donors (Lipinski definition) is 1. The van der Waals surface area contributed by atoms with Gasteiger partial charge in [0.25, 0.3) is 0 Å². The van der Waals surface area contributed by atoms with Crippen molar-refractivity contribution in [3.8, 4) is 0 Å². The number of fused-ring (bicyclic) bond motifs is 5. The second kappa shape index (κ2) is 8.20. The van der Waals surface area contributed by atoms with E-state index < -0.39 is 13.9 Å². The van der Waals surface area contributed by atoms with Crippen LogP contribution in [0.5, 0.6) is 0 Å². The van der Waals surface area contributed by atoms with Gasteiger partial charge in [0.2, 0.25) is 0 Å². The molecular formula is C30H50O2Si. The van der Waals surface area contributed by atoms with Crippen LogP contribution >= 0.6 is 0 Å². The molecule has 4 rings (SSSR count). The lowest BCUT2D eigenvalue weighted by molar-refractivity contribution is -0.0287. The molecule has 33 heavy (non-hydrogen) atoms. The van der Waals surface area contributed by atoms with Crippen molar-refractivity contribution >= 4 is 8.32 Å². The van der Waals surface area contributed by atoms with E-state index >= 15 is 0 Å². The summed E-state index contributed by atoms with van der Waals surface area (Å²) in [6.45, 7) is 23.0. The summed E-state index contributed by atoms with van der Waals surface area (Å²) in [7, 11) is -1.74. The van der Waals surface area contributed by atoms with E-state index in [2.05, 4.69) is 73.4 Å². The number of rotatable bonds is 4. The fourth-order valence-electron chi connectivity index (χ4n) is 8.39. The van der Waals surface area contributed by atoms with E-state index in [1.807, 2.05) is 6.08 Å². The van der Waals surface area contributed by atoms with Gasteiger partial charge < -0.3 is 9.53 Å². The van der Waals surface area contributed by atoms with Crippen molar-refractivity contribution < 1.29 is 9.53 Å². The van der Waals surface area contributed by atoms with Crippen molar-refractivity contribution in [3.05, 3.63) is 36.0 Å². The minimum atomic E-state index is -1.74. The molecule has 4 aliphatic rings. The largest absolute Gasteiger partial charge is 0.414 e. The standard InChI is InChI=1S/C30H50O2Si/c1-10-16-30(31)20-25-23-13-12-21-19-22(32-33(8,9)27(3,4)5)14-17-28(21,6)24(23)15-18-29(25,7)26(30)11-2/h10-12,22-25,31H,1,13-20H2,2-9H3/t22-,23+,24-,25-,28-,29-,30?/m0/s1. The molecular weight excluding hydrogens is 420 g/mol. The fraction of sp³-hybridized carbons (Fsp3) is 0.800. The van der Waals surface area contributed by atoms with E-state index in [0.29, 0.717) is 29.8 Å². The minimum Gasteiger partial charge on any atom is -0.414 e. The average Bonchev–Trinajstić information content (AvgIpc) is 2.93. The molecule has 0 aromatic rings. The van der Waals surface area contributed by atoms with Crippen LogP contribution in [0.4, 0.5) is 0 Å². The second-order valence-electron chi connectivity index (χ2n) is 13.9. The Morgan fingerprint density at radius 3 is 2.42 bits per heavy atom. The number of aliphatic hydroxyl groups is 1. The van der Waals surface area contributed by atoms with Crippen LogP contribution in [-0.2, 0) is 4.43 Å². The van der Waals surface area contributed by atoms with Gasteiger partial charge in [0.15, 0.2) is 8.32 Å². The average molecular weight is 471 g/mol. The van der Waals surface area contributed by atoms with Crippen molar-refractivity contribution in [3.63, 3.8) is 0 Å². The Kier molecular flexibility index (Phi) is 6.33. The summed E-state index contributed by atoms with van der Waals surface area (Å²) in [6.07, 6.45) is 16.0. The third kappa shape index (κ3) is 3.89. The number of hydrogen-bond acceptors (Lipinski definition) is 2. The predicted octanol–water partition coefficient (Wildman–Crippen LogP) is 8.20. The predicted molar refractivity (Wildman–Crippen MR) is 143 cm³/mol. The summed E-state index contributed by atoms with van der Waals surface area (Å²) < 4.78 is 6.89. The van der Waals surface area contributed by atoms with Crippen LogP contribution in [0.15, 0.2) is 36.0 Å². The van der Waals surface area contributed by atoms with Crippen LogP contribution < -0.4 is 0 Å². The molecule has 1 N–H and O–H groups in total. The molecule has 3 fully saturated rings. The van der Waals surface area contributed by atoms with Crippen molar-refractivity contribution in [1.29, 1.82) is 0 Å². The van der Waals surface area contributed by atoms with Gasteiger partial charge in [0.05, 0.1) is 5.60 Å². The lowest BCUT2D eigenvalue weighted by atomic mass is 9.48. The Hall–Kier alpha value is -0.643. The first-order valence-electron chi connectivity index (χ1n) is 13.6. The van der Waals surface area contributed by atoms with Crippen LogP contribution in [0, 0.1) is 28.6 Å². The van der Waals surface area contributed by atoms with E-state index in [9.17, 15) is 5.11 Å². The highest BCUT2D eigenvalue weighted by molar-refractivity contribution is 6.74. The van der Waals surface area contributed by atoms with Gasteiger partial charge in [0, 0.05) is 6.10 Å². The van der Waals surface area contributed by atoms with Gasteiger partial charge in [-0.25, -0.2) is 0 Å². The summed E-state index contributed by atoms with van der Waals surface area (Å²) in [6, 6.07) is 0. The molecule has 3 heteroatoms. The van der Waals surface area contributed by atoms with Gasteiger partial charge >= 0.3 is 0 Å². The van der Waals surface area contributed by atoms with Crippen molar-refractivity contribution in [2.75, 3.05) is 0 Å². The van der Waals surface area contributed by atoms with Crippen LogP contribution in [0.25, 0.3) is 0 Å². The van der Waals surface area contributed by atoms with Gasteiger partial charge in [-0.15, -0.1) is 6.58 Å². The summed E-state index contributed by atoms with van der Waals surface area (Å²) in [5.41, 5.74) is 2.74. The summed E-state index contributed by atoms with van der Waals surface area (Å²) >= 11 is 0. The first-order valence-corrected chi connectivity index (χ1v) is 16.5. The van der Waals surface area contributed by atoms with Crippen LogP contribution in [0.1, 0.15) is 92.9 Å². The smallest absolute Gasteiger partial charge is 0.192 e. The zero-order chi connectivity index (χ0) is 24.4. The zero-order valence-electron chi connectivity index (χ0n) is 22.8. The molecule has 4 aliphatic carbocycles. The lowest BCUT2D eigenvalue weighted by Gasteiger charge is -2.58. The maximum atomic E-state index is 11.7. The van der Waals surface area contributed by atoms with Gasteiger partial charge in [-0.2, -0.15) is 0 Å². The molecule has 3 saturated carbocycles. The molecule has 0 spiro atoms. The Balaban J connectivity index is 1.58. The molecule has 0 amide bonds. The van der Waals surface area contributed by atoms with E-state index in [1.165, 1.54) is 37.7 Å². The molecule has 0 aromatic carbocycles. The van der Waals surface area contributed by atoms with E-state index in [-0.39, 0.29) is 10.5 Å². The molecule has 186 valence electrons. The molecule has 1 unspecified atom stereocenters. The van der Waals surface area contributed by atoms with Crippen LogP contribution in [0.3, 0.4) is 0 Å². The van der Waals surface area contributed by atoms with E-state index in [1.54, 1.807) is 5.57 Å². The monoisotopic (exact) mass is 470 g/mol. The highest BCUT2D eigenvalue weighted by Crippen LogP contribution is 2.68. The third-order valence-electron chi connectivity index (χ3n) is 11.2. The van der Waals surface area contributed by atoms with Crippen molar-refractivity contribution in [2.24, 2.45) is 28.6 Å². The summed E-state index contributed by atoms with van der Waals surface area (Å²) in [5.74, 6) is 2.00. The minimum absolute atomic E-state index is 0.137. The molecule has 0 bridgehead atoms. The highest BCUT2D eigenvalue weighted by atomic mass is 28.4. The molecule has 0 aliphatic heterocycles. The van der Waals surface area contributed by atoms with Gasteiger partial charge in [-0.3, -0.25) is 0 Å². The Morgan fingerprint density at radius 1 is 1.15 bits per heavy atom. The maximum absolute atomic E-state index is 11.7. The molecule has 2 nitrogen and oxygen atoms in total. The van der Waals surface area contributed by atoms with E-state index in [0.717, 1.165) is 18.8 Å². The first-order chi connectivity index (χ1) is 15.2. The zero-order valence-corrected chi connectivity index (χ0v) is 23.8. The molecule has 0 radical (unpaired) electrons. The number of allylic oxidation sites excluding steroid dienone is 2. The highest BCUT2D eigenvalue weighted by Gasteiger charge is 2.62. The van der Waals surface area contributed by atoms with Crippen molar-refractivity contribution in [1.82, 2.24) is 0 Å². The summed E-state index contributed by atoms with van der Waals surface area (Å²) in [5, 5.41) is 11.9. The SMILES string of the molecule is C=CCC1(O)C[C@H]2[C@@H]3CC=C4C[C@@H](O[Si](C)(C)C(C)(C)C)CC[C@]4(C)[C@H]3CC[C@]2(C)C1=CC. The quantitative estimate of drug-likeness (QED) is 0.331. The maximum Gasteiger partial charge on any atom is 0.192 e. The van der Waals surface area contributed by atoms with Gasteiger partial charge in [-0.1, -0.05) is 58.4 Å². The Labute approximate surface area is 205 Å². The Bertz CT molecular complexity index is 848. The Morgan fingerprint density at radius 2 is 1.82 bits per heavy atom. The first kappa shape index (κ1) is 25.4. The van der Waals surface area contributed by atoms with Crippen LogP contribution in [-0.4, -0.2) is 25.1 Å². The van der Waals surface area contributed by atoms with Crippen molar-refractivity contribution in [2.45, 2.75) is 123 Å². The third-order valence-corrected chi connectivity index (χ3v) is 15.7. The van der Waals surface area contributed by atoms with Gasteiger partial charge in [-0.05, 0) is 111 Å². The summed E-state index contributed by atoms with van der Waals surface area (Å²) in [4.78, 5) is 0. The topological polar surface area (TPSA) is 29.5 Å². The van der Waals surface area contributed by atoms with Crippen LogP contribution in [0.2, 0.25) is 18.1 Å². The van der Waals surface area contributed by atoms with E-state index in [4.69, 9.17) is 4.43 Å². The second-order valence-corrected chi connectivity index (χ2v) is 18.6. The normalized spacial score (nSPS) is 44.6. The molecule has 0 aromatic heterocycles. The van der Waals surface area contributed by atoms with Gasteiger partial charge in [0.1, 0.15) is 0 Å². The molecule has 7 atom stereocenters. The molecule has 0 heterocycles.